The van der Waals surface area contributed by atoms with Crippen molar-refractivity contribution < 1.29 is 0 Å². The van der Waals surface area contributed by atoms with E-state index in [-0.39, 0.29) is 0 Å². The average Bonchev–Trinajstić information content (AvgIpc) is 2.78. The normalized spacial score (nSPS) is 10.8. The minimum Gasteiger partial charge on any atom is -0.332 e. The van der Waals surface area contributed by atoms with E-state index in [0.29, 0.717) is 0 Å². The molecule has 80 valence electrons. The zero-order valence-corrected chi connectivity index (χ0v) is 9.71. The standard InChI is InChI=1S/C10H14N4S/c1-8-12-4-10(15-8)6-14-5-9(3-11-2)13-7-14/h4-5,7,11H,3,6H2,1-2H3. The van der Waals surface area contributed by atoms with Crippen molar-refractivity contribution in [2.24, 2.45) is 0 Å². The second kappa shape index (κ2) is 4.55. The third-order valence-corrected chi connectivity index (χ3v) is 2.95. The third-order valence-electron chi connectivity index (χ3n) is 2.05. The van der Waals surface area contributed by atoms with Crippen LogP contribution in [0.4, 0.5) is 0 Å². The highest BCUT2D eigenvalue weighted by Gasteiger charge is 2.01. The van der Waals surface area contributed by atoms with Crippen LogP contribution in [0.15, 0.2) is 18.7 Å². The summed E-state index contributed by atoms with van der Waals surface area (Å²) in [5.74, 6) is 0. The lowest BCUT2D eigenvalue weighted by atomic mass is 10.4. The minimum atomic E-state index is 0.814. The van der Waals surface area contributed by atoms with Gasteiger partial charge in [0.2, 0.25) is 0 Å². The quantitative estimate of drug-likeness (QED) is 0.850. The second-order valence-electron chi connectivity index (χ2n) is 3.41. The fraction of sp³-hybridized carbons (Fsp3) is 0.400. The highest BCUT2D eigenvalue weighted by molar-refractivity contribution is 7.11. The Kier molecular flexibility index (Phi) is 3.13. The van der Waals surface area contributed by atoms with E-state index in [1.807, 2.05) is 26.5 Å². The number of nitrogens with one attached hydrogen (secondary N) is 1. The van der Waals surface area contributed by atoms with Crippen LogP contribution < -0.4 is 5.32 Å². The van der Waals surface area contributed by atoms with E-state index in [1.165, 1.54) is 4.88 Å². The van der Waals surface area contributed by atoms with Gasteiger partial charge in [-0.15, -0.1) is 11.3 Å². The summed E-state index contributed by atoms with van der Waals surface area (Å²) in [4.78, 5) is 9.79. The Morgan fingerprint density at radius 3 is 3.00 bits per heavy atom. The molecule has 2 aromatic rings. The van der Waals surface area contributed by atoms with Gasteiger partial charge < -0.3 is 9.88 Å². The molecule has 0 aromatic carbocycles. The Bertz CT molecular complexity index is 432. The molecule has 0 saturated carbocycles. The summed E-state index contributed by atoms with van der Waals surface area (Å²) in [7, 11) is 1.92. The smallest absolute Gasteiger partial charge is 0.0953 e. The first-order valence-corrected chi connectivity index (χ1v) is 5.66. The molecule has 0 radical (unpaired) electrons. The van der Waals surface area contributed by atoms with E-state index in [9.17, 15) is 0 Å². The molecule has 2 heterocycles. The van der Waals surface area contributed by atoms with Crippen LogP contribution in [0.3, 0.4) is 0 Å². The van der Waals surface area contributed by atoms with Gasteiger partial charge in [0.1, 0.15) is 0 Å². The molecule has 2 aromatic heterocycles. The molecule has 0 bridgehead atoms. The molecule has 0 aliphatic rings. The topological polar surface area (TPSA) is 42.7 Å². The maximum Gasteiger partial charge on any atom is 0.0953 e. The maximum atomic E-state index is 4.29. The molecule has 0 aliphatic heterocycles. The van der Waals surface area contributed by atoms with Crippen molar-refractivity contribution in [1.82, 2.24) is 19.9 Å². The summed E-state index contributed by atoms with van der Waals surface area (Å²) in [6.07, 6.45) is 5.85. The van der Waals surface area contributed by atoms with Crippen LogP contribution in [0.5, 0.6) is 0 Å². The number of thiazole rings is 1. The molecular formula is C10H14N4S. The molecule has 0 unspecified atom stereocenters. The molecule has 5 heteroatoms. The summed E-state index contributed by atoms with van der Waals surface area (Å²) >= 11 is 1.73. The molecule has 2 rings (SSSR count). The Balaban J connectivity index is 2.04. The summed E-state index contributed by atoms with van der Waals surface area (Å²) in [6.45, 7) is 3.70. The van der Waals surface area contributed by atoms with Gasteiger partial charge in [0.25, 0.3) is 0 Å². The summed E-state index contributed by atoms with van der Waals surface area (Å²) in [5, 5.41) is 4.19. The van der Waals surface area contributed by atoms with E-state index in [1.54, 1.807) is 11.3 Å². The zero-order chi connectivity index (χ0) is 10.7. The molecule has 0 saturated heterocycles. The van der Waals surface area contributed by atoms with Crippen LogP contribution in [0.25, 0.3) is 0 Å². The van der Waals surface area contributed by atoms with Gasteiger partial charge in [-0.05, 0) is 14.0 Å². The van der Waals surface area contributed by atoms with E-state index in [2.05, 4.69) is 26.0 Å². The molecule has 0 atom stereocenters. The molecule has 0 amide bonds. The first-order valence-electron chi connectivity index (χ1n) is 4.84. The van der Waals surface area contributed by atoms with Crippen molar-refractivity contribution in [1.29, 1.82) is 0 Å². The Hall–Kier alpha value is -1.20. The number of imidazole rings is 1. The van der Waals surface area contributed by atoms with Crippen molar-refractivity contribution in [3.63, 3.8) is 0 Å². The van der Waals surface area contributed by atoms with Crippen LogP contribution in [0.2, 0.25) is 0 Å². The van der Waals surface area contributed by atoms with Crippen molar-refractivity contribution in [3.8, 4) is 0 Å². The average molecular weight is 222 g/mol. The molecule has 0 fully saturated rings. The molecule has 15 heavy (non-hydrogen) atoms. The minimum absolute atomic E-state index is 0.814. The lowest BCUT2D eigenvalue weighted by Crippen LogP contribution is -2.05. The van der Waals surface area contributed by atoms with Gasteiger partial charge in [0.15, 0.2) is 0 Å². The van der Waals surface area contributed by atoms with Gasteiger partial charge in [-0.3, -0.25) is 0 Å². The summed E-state index contributed by atoms with van der Waals surface area (Å²) in [6, 6.07) is 0. The van der Waals surface area contributed by atoms with Gasteiger partial charge in [0, 0.05) is 23.8 Å². The van der Waals surface area contributed by atoms with Gasteiger partial charge in [0.05, 0.1) is 23.6 Å². The van der Waals surface area contributed by atoms with Crippen LogP contribution in [-0.2, 0) is 13.1 Å². The van der Waals surface area contributed by atoms with Gasteiger partial charge in [-0.2, -0.15) is 0 Å². The lowest BCUT2D eigenvalue weighted by molar-refractivity contribution is 0.786. The van der Waals surface area contributed by atoms with Crippen LogP contribution in [0, 0.1) is 6.92 Å². The maximum absolute atomic E-state index is 4.29. The molecular weight excluding hydrogens is 208 g/mol. The molecule has 0 aliphatic carbocycles. The van der Waals surface area contributed by atoms with Crippen LogP contribution in [0.1, 0.15) is 15.6 Å². The highest BCUT2D eigenvalue weighted by Crippen LogP contribution is 2.13. The predicted molar refractivity (Wildman–Crippen MR) is 60.9 cm³/mol. The number of hydrogen-bond donors (Lipinski definition) is 1. The largest absolute Gasteiger partial charge is 0.332 e. The molecule has 1 N–H and O–H groups in total. The van der Waals surface area contributed by atoms with E-state index < -0.39 is 0 Å². The van der Waals surface area contributed by atoms with Gasteiger partial charge >= 0.3 is 0 Å². The Labute approximate surface area is 93.0 Å². The number of aryl methyl sites for hydroxylation is 1. The SMILES string of the molecule is CNCc1cn(Cc2cnc(C)s2)cn1. The number of aromatic nitrogens is 3. The van der Waals surface area contributed by atoms with E-state index >= 15 is 0 Å². The Morgan fingerprint density at radius 2 is 2.33 bits per heavy atom. The van der Waals surface area contributed by atoms with Gasteiger partial charge in [-0.1, -0.05) is 0 Å². The van der Waals surface area contributed by atoms with Crippen molar-refractivity contribution in [2.45, 2.75) is 20.0 Å². The first kappa shape index (κ1) is 10.3. The lowest BCUT2D eigenvalue weighted by Gasteiger charge is -1.96. The van der Waals surface area contributed by atoms with Crippen molar-refractivity contribution >= 4 is 11.3 Å². The van der Waals surface area contributed by atoms with Crippen molar-refractivity contribution in [2.75, 3.05) is 7.05 Å². The third kappa shape index (κ3) is 2.64. The fourth-order valence-electron chi connectivity index (χ4n) is 1.42. The first-order chi connectivity index (χ1) is 7.28. The zero-order valence-electron chi connectivity index (χ0n) is 8.90. The Morgan fingerprint density at radius 1 is 1.47 bits per heavy atom. The predicted octanol–water partition coefficient (Wildman–Crippen LogP) is 1.42. The number of rotatable bonds is 4. The van der Waals surface area contributed by atoms with E-state index in [0.717, 1.165) is 23.8 Å². The second-order valence-corrected chi connectivity index (χ2v) is 4.73. The molecule has 0 spiro atoms. The highest BCUT2D eigenvalue weighted by atomic mass is 32.1. The monoisotopic (exact) mass is 222 g/mol. The van der Waals surface area contributed by atoms with Crippen LogP contribution in [-0.4, -0.2) is 21.6 Å². The number of nitrogens with zero attached hydrogens (tertiary/aromatic N) is 3. The van der Waals surface area contributed by atoms with Crippen LogP contribution >= 0.6 is 11.3 Å². The van der Waals surface area contributed by atoms with E-state index in [4.69, 9.17) is 0 Å². The van der Waals surface area contributed by atoms with Gasteiger partial charge in [-0.25, -0.2) is 9.97 Å². The fourth-order valence-corrected chi connectivity index (χ4v) is 2.23. The van der Waals surface area contributed by atoms with Crippen molar-refractivity contribution in [3.05, 3.63) is 34.3 Å². The summed E-state index contributed by atoms with van der Waals surface area (Å²) < 4.78 is 2.08. The number of hydrogen-bond acceptors (Lipinski definition) is 4. The molecule has 4 nitrogen and oxygen atoms in total. The summed E-state index contributed by atoms with van der Waals surface area (Å²) in [5.41, 5.74) is 1.07.